The van der Waals surface area contributed by atoms with Gasteiger partial charge in [0, 0.05) is 17.4 Å². The summed E-state index contributed by atoms with van der Waals surface area (Å²) in [5.74, 6) is -0.0337. The first kappa shape index (κ1) is 19.1. The van der Waals surface area contributed by atoms with Crippen molar-refractivity contribution < 1.29 is 4.79 Å². The first-order valence-corrected chi connectivity index (χ1v) is 11.5. The molecule has 154 valence electrons. The average Bonchev–Trinajstić information content (AvgIpc) is 3.47. The summed E-state index contributed by atoms with van der Waals surface area (Å²) in [6.07, 6.45) is 4.78. The largest absolute Gasteiger partial charge is 0.333 e. The molecule has 6 heteroatoms. The fourth-order valence-electron chi connectivity index (χ4n) is 4.63. The SMILES string of the molecule is Cc1cc(C)n(Cc2cccc(NC(=O)c3cc4sccc4n3C3CCCC3)c2)n1. The number of hydrogen-bond donors (Lipinski definition) is 1. The summed E-state index contributed by atoms with van der Waals surface area (Å²) >= 11 is 1.70. The normalized spacial score (nSPS) is 14.6. The average molecular weight is 419 g/mol. The summed E-state index contributed by atoms with van der Waals surface area (Å²) < 4.78 is 5.45. The van der Waals surface area contributed by atoms with Crippen LogP contribution >= 0.6 is 11.3 Å². The zero-order valence-electron chi connectivity index (χ0n) is 17.4. The second kappa shape index (κ2) is 7.76. The van der Waals surface area contributed by atoms with Crippen LogP contribution in [0.15, 0.2) is 47.8 Å². The Morgan fingerprint density at radius 2 is 2.00 bits per heavy atom. The van der Waals surface area contributed by atoms with Crippen molar-refractivity contribution in [3.63, 3.8) is 0 Å². The van der Waals surface area contributed by atoms with Crippen LogP contribution in [0.1, 0.15) is 59.2 Å². The Kier molecular flexibility index (Phi) is 4.95. The van der Waals surface area contributed by atoms with Crippen molar-refractivity contribution in [2.24, 2.45) is 0 Å². The lowest BCUT2D eigenvalue weighted by molar-refractivity contribution is 0.101. The third-order valence-electron chi connectivity index (χ3n) is 6.00. The minimum Gasteiger partial charge on any atom is -0.333 e. The number of aryl methyl sites for hydroxylation is 2. The monoisotopic (exact) mass is 418 g/mol. The Morgan fingerprint density at radius 1 is 1.17 bits per heavy atom. The number of hydrogen-bond acceptors (Lipinski definition) is 3. The molecule has 3 aromatic heterocycles. The van der Waals surface area contributed by atoms with Crippen LogP contribution in [0.4, 0.5) is 5.69 Å². The van der Waals surface area contributed by atoms with Crippen LogP contribution in [-0.4, -0.2) is 20.3 Å². The van der Waals surface area contributed by atoms with Crippen molar-refractivity contribution in [2.75, 3.05) is 5.32 Å². The number of rotatable bonds is 5. The van der Waals surface area contributed by atoms with Crippen molar-refractivity contribution in [1.82, 2.24) is 14.3 Å². The second-order valence-corrected chi connectivity index (χ2v) is 9.19. The summed E-state index contributed by atoms with van der Waals surface area (Å²) in [7, 11) is 0. The van der Waals surface area contributed by atoms with Gasteiger partial charge in [0.2, 0.25) is 0 Å². The van der Waals surface area contributed by atoms with Crippen LogP contribution in [0.25, 0.3) is 10.2 Å². The highest BCUT2D eigenvalue weighted by atomic mass is 32.1. The van der Waals surface area contributed by atoms with Gasteiger partial charge in [-0.05, 0) is 68.0 Å². The van der Waals surface area contributed by atoms with Crippen molar-refractivity contribution in [3.05, 3.63) is 70.5 Å². The van der Waals surface area contributed by atoms with E-state index < -0.39 is 0 Å². The molecule has 0 atom stereocenters. The molecule has 1 aromatic carbocycles. The van der Waals surface area contributed by atoms with Gasteiger partial charge in [0.05, 0.1) is 22.5 Å². The number of thiophene rings is 1. The van der Waals surface area contributed by atoms with Crippen LogP contribution < -0.4 is 5.32 Å². The van der Waals surface area contributed by atoms with Gasteiger partial charge in [0.25, 0.3) is 5.91 Å². The van der Waals surface area contributed by atoms with Gasteiger partial charge in [-0.15, -0.1) is 11.3 Å². The number of nitrogens with one attached hydrogen (secondary N) is 1. The number of nitrogens with zero attached hydrogens (tertiary/aromatic N) is 3. The van der Waals surface area contributed by atoms with E-state index >= 15 is 0 Å². The lowest BCUT2D eigenvalue weighted by Gasteiger charge is -2.17. The Balaban J connectivity index is 1.40. The van der Waals surface area contributed by atoms with E-state index in [4.69, 9.17) is 0 Å². The summed E-state index contributed by atoms with van der Waals surface area (Å²) in [4.78, 5) is 13.2. The van der Waals surface area contributed by atoms with E-state index in [2.05, 4.69) is 45.5 Å². The molecule has 1 N–H and O–H groups in total. The molecule has 0 aliphatic heterocycles. The summed E-state index contributed by atoms with van der Waals surface area (Å²) in [6.45, 7) is 4.76. The van der Waals surface area contributed by atoms with E-state index in [-0.39, 0.29) is 5.91 Å². The number of carbonyl (C=O) groups is 1. The highest BCUT2D eigenvalue weighted by Crippen LogP contribution is 2.36. The number of benzene rings is 1. The van der Waals surface area contributed by atoms with Gasteiger partial charge in [-0.3, -0.25) is 9.48 Å². The molecule has 4 aromatic rings. The van der Waals surface area contributed by atoms with E-state index in [0.29, 0.717) is 12.6 Å². The topological polar surface area (TPSA) is 51.9 Å². The maximum absolute atomic E-state index is 13.2. The third-order valence-corrected chi connectivity index (χ3v) is 6.86. The van der Waals surface area contributed by atoms with E-state index in [1.54, 1.807) is 11.3 Å². The second-order valence-electron chi connectivity index (χ2n) is 8.25. The number of aromatic nitrogens is 3. The zero-order valence-corrected chi connectivity index (χ0v) is 18.2. The van der Waals surface area contributed by atoms with E-state index in [9.17, 15) is 4.79 Å². The molecule has 0 spiro atoms. The summed E-state index contributed by atoms with van der Waals surface area (Å²) in [5, 5.41) is 9.79. The maximum Gasteiger partial charge on any atom is 0.272 e. The molecular formula is C24H26N4OS. The Morgan fingerprint density at radius 3 is 2.77 bits per heavy atom. The molecule has 5 nitrogen and oxygen atoms in total. The number of anilines is 1. The summed E-state index contributed by atoms with van der Waals surface area (Å²) in [5.41, 5.74) is 6.05. The van der Waals surface area contributed by atoms with Gasteiger partial charge < -0.3 is 9.88 Å². The van der Waals surface area contributed by atoms with Gasteiger partial charge in [-0.1, -0.05) is 25.0 Å². The molecule has 1 amide bonds. The Labute approximate surface area is 180 Å². The van der Waals surface area contributed by atoms with Crippen molar-refractivity contribution in [1.29, 1.82) is 0 Å². The first-order valence-electron chi connectivity index (χ1n) is 10.6. The molecule has 0 bridgehead atoms. The minimum atomic E-state index is -0.0337. The third kappa shape index (κ3) is 3.56. The number of fused-ring (bicyclic) bond motifs is 1. The maximum atomic E-state index is 13.2. The van der Waals surface area contributed by atoms with Crippen molar-refractivity contribution in [2.45, 2.75) is 52.1 Å². The highest BCUT2D eigenvalue weighted by molar-refractivity contribution is 7.17. The van der Waals surface area contributed by atoms with E-state index in [0.717, 1.165) is 41.2 Å². The van der Waals surface area contributed by atoms with Crippen LogP contribution in [0.5, 0.6) is 0 Å². The van der Waals surface area contributed by atoms with Gasteiger partial charge in [0.1, 0.15) is 5.69 Å². The Hall–Kier alpha value is -2.86. The molecule has 0 saturated heterocycles. The molecule has 1 fully saturated rings. The lowest BCUT2D eigenvalue weighted by Crippen LogP contribution is -2.19. The highest BCUT2D eigenvalue weighted by Gasteiger charge is 2.25. The molecule has 0 radical (unpaired) electrons. The van der Waals surface area contributed by atoms with Gasteiger partial charge >= 0.3 is 0 Å². The molecular weight excluding hydrogens is 392 g/mol. The number of amides is 1. The fraction of sp³-hybridized carbons (Fsp3) is 0.333. The van der Waals surface area contributed by atoms with Crippen LogP contribution in [0.2, 0.25) is 0 Å². The molecule has 1 aliphatic rings. The molecule has 30 heavy (non-hydrogen) atoms. The molecule has 1 saturated carbocycles. The van der Waals surface area contributed by atoms with Gasteiger partial charge in [0.15, 0.2) is 0 Å². The van der Waals surface area contributed by atoms with Gasteiger partial charge in [-0.2, -0.15) is 5.10 Å². The molecule has 0 unspecified atom stereocenters. The standard InChI is InChI=1S/C24H26N4OS/c1-16-12-17(2)27(26-16)15-18-6-5-7-19(13-18)25-24(29)22-14-23-21(10-11-30-23)28(22)20-8-3-4-9-20/h5-7,10-14,20H,3-4,8-9,15H2,1-2H3,(H,25,29). The van der Waals surface area contributed by atoms with Crippen LogP contribution in [-0.2, 0) is 6.54 Å². The quantitative estimate of drug-likeness (QED) is 0.437. The van der Waals surface area contributed by atoms with E-state index in [1.807, 2.05) is 35.9 Å². The van der Waals surface area contributed by atoms with Crippen molar-refractivity contribution >= 4 is 33.1 Å². The minimum absolute atomic E-state index is 0.0337. The van der Waals surface area contributed by atoms with Gasteiger partial charge in [-0.25, -0.2) is 0 Å². The van der Waals surface area contributed by atoms with Crippen LogP contribution in [0, 0.1) is 13.8 Å². The molecule has 3 heterocycles. The fourth-order valence-corrected chi connectivity index (χ4v) is 5.44. The van der Waals surface area contributed by atoms with E-state index in [1.165, 1.54) is 23.1 Å². The predicted octanol–water partition coefficient (Wildman–Crippen LogP) is 5.93. The molecule has 1 aliphatic carbocycles. The lowest BCUT2D eigenvalue weighted by atomic mass is 10.2. The van der Waals surface area contributed by atoms with Crippen LogP contribution in [0.3, 0.4) is 0 Å². The smallest absolute Gasteiger partial charge is 0.272 e. The molecule has 5 rings (SSSR count). The summed E-state index contributed by atoms with van der Waals surface area (Å²) in [6, 6.07) is 14.8. The van der Waals surface area contributed by atoms with Crippen molar-refractivity contribution in [3.8, 4) is 0 Å². The Bertz CT molecular complexity index is 1210. The predicted molar refractivity (Wildman–Crippen MR) is 123 cm³/mol. The number of carbonyl (C=O) groups excluding carboxylic acids is 1. The first-order chi connectivity index (χ1) is 14.6. The zero-order chi connectivity index (χ0) is 20.7.